The summed E-state index contributed by atoms with van der Waals surface area (Å²) in [5.74, 6) is -1.78. The molecule has 1 aliphatic rings. The van der Waals surface area contributed by atoms with Crippen LogP contribution in [0.1, 0.15) is 5.56 Å². The van der Waals surface area contributed by atoms with Crippen LogP contribution in [0.4, 0.5) is 5.69 Å². The van der Waals surface area contributed by atoms with E-state index in [2.05, 4.69) is 27.8 Å². The van der Waals surface area contributed by atoms with Crippen molar-refractivity contribution in [2.24, 2.45) is 0 Å². The van der Waals surface area contributed by atoms with Crippen molar-refractivity contribution in [1.82, 2.24) is 10.2 Å². The Labute approximate surface area is 149 Å². The molecule has 0 atom stereocenters. The second kappa shape index (κ2) is 6.89. The molecule has 0 bridgehead atoms. The maximum absolute atomic E-state index is 12.4. The molecule has 1 heterocycles. The molecule has 1 aliphatic heterocycles. The summed E-state index contributed by atoms with van der Waals surface area (Å²) in [6, 6.07) is 2.16. The van der Waals surface area contributed by atoms with Gasteiger partial charge >= 0.3 is 0 Å². The van der Waals surface area contributed by atoms with Gasteiger partial charge in [-0.15, -0.1) is 6.58 Å². The number of aromatic hydroxyl groups is 1. The molecule has 0 aromatic heterocycles. The Balaban J connectivity index is 2.55. The van der Waals surface area contributed by atoms with Gasteiger partial charge in [0, 0.05) is 24.2 Å². The molecule has 124 valence electrons. The minimum atomic E-state index is -0.757. The monoisotopic (exact) mass is 411 g/mol. The van der Waals surface area contributed by atoms with E-state index >= 15 is 0 Å². The maximum Gasteiger partial charge on any atom is 0.271 e. The number of phenols is 1. The minimum absolute atomic E-state index is 0.0547. The number of thiocarbonyl (C=S) groups is 1. The van der Waals surface area contributed by atoms with E-state index in [4.69, 9.17) is 12.2 Å². The molecule has 0 aliphatic carbocycles. The predicted molar refractivity (Wildman–Crippen MR) is 93.1 cm³/mol. The summed E-state index contributed by atoms with van der Waals surface area (Å²) in [5.41, 5.74) is -0.678. The highest BCUT2D eigenvalue weighted by Crippen LogP contribution is 2.34. The Morgan fingerprint density at radius 1 is 1.46 bits per heavy atom. The smallest absolute Gasteiger partial charge is 0.271 e. The lowest BCUT2D eigenvalue weighted by atomic mass is 10.1. The third kappa shape index (κ3) is 3.34. The lowest BCUT2D eigenvalue weighted by molar-refractivity contribution is -0.385. The number of non-ortho nitro benzene ring substituents is 1. The van der Waals surface area contributed by atoms with Gasteiger partial charge in [0.05, 0.1) is 9.40 Å². The minimum Gasteiger partial charge on any atom is -0.506 e. The molecule has 0 spiro atoms. The highest BCUT2D eigenvalue weighted by Gasteiger charge is 2.33. The topological polar surface area (TPSA) is 113 Å². The summed E-state index contributed by atoms with van der Waals surface area (Å²) in [7, 11) is 0. The normalized spacial score (nSPS) is 16.3. The van der Waals surface area contributed by atoms with Gasteiger partial charge in [0.1, 0.15) is 11.3 Å². The summed E-state index contributed by atoms with van der Waals surface area (Å²) in [4.78, 5) is 35.8. The number of hydrogen-bond donors (Lipinski definition) is 2. The zero-order valence-corrected chi connectivity index (χ0v) is 14.4. The van der Waals surface area contributed by atoms with Gasteiger partial charge in [-0.1, -0.05) is 6.08 Å². The molecule has 24 heavy (non-hydrogen) atoms. The van der Waals surface area contributed by atoms with Crippen molar-refractivity contribution in [2.75, 3.05) is 6.54 Å². The number of carbonyl (C=O) groups is 2. The van der Waals surface area contributed by atoms with Crippen LogP contribution in [0.25, 0.3) is 6.08 Å². The SMILES string of the molecule is C=CCN1C(=O)C(=Cc2cc([N+](=O)[O-])cc(Br)c2O)C(=O)NC1=S. The largest absolute Gasteiger partial charge is 0.506 e. The number of phenolic OH excluding ortho intramolecular Hbond substituents is 1. The zero-order chi connectivity index (χ0) is 18.0. The average Bonchev–Trinajstić information content (AvgIpc) is 2.51. The van der Waals surface area contributed by atoms with Gasteiger partial charge in [-0.2, -0.15) is 0 Å². The second-order valence-corrected chi connectivity index (χ2v) is 5.89. The Morgan fingerprint density at radius 2 is 2.12 bits per heavy atom. The number of nitrogens with one attached hydrogen (secondary N) is 1. The fraction of sp³-hybridized carbons (Fsp3) is 0.0714. The van der Waals surface area contributed by atoms with Crippen molar-refractivity contribution in [3.05, 3.63) is 50.5 Å². The van der Waals surface area contributed by atoms with Crippen LogP contribution in [-0.4, -0.2) is 38.4 Å². The number of benzene rings is 1. The summed E-state index contributed by atoms with van der Waals surface area (Å²) in [6.07, 6.45) is 2.50. The van der Waals surface area contributed by atoms with Gasteiger partial charge < -0.3 is 5.11 Å². The number of nitrogens with zero attached hydrogens (tertiary/aromatic N) is 2. The van der Waals surface area contributed by atoms with Crippen LogP contribution in [0.2, 0.25) is 0 Å². The molecule has 2 amide bonds. The fourth-order valence-electron chi connectivity index (χ4n) is 1.97. The second-order valence-electron chi connectivity index (χ2n) is 4.64. The first-order valence-corrected chi connectivity index (χ1v) is 7.63. The summed E-state index contributed by atoms with van der Waals surface area (Å²) < 4.78 is 0.0608. The predicted octanol–water partition coefficient (Wildman–Crippen LogP) is 1.88. The molecule has 1 fully saturated rings. The van der Waals surface area contributed by atoms with Crippen LogP contribution in [0, 0.1) is 10.1 Å². The number of rotatable bonds is 4. The average molecular weight is 412 g/mol. The Morgan fingerprint density at radius 3 is 2.71 bits per heavy atom. The Kier molecular flexibility index (Phi) is 5.10. The Hall–Kier alpha value is -2.59. The van der Waals surface area contributed by atoms with Gasteiger partial charge in [-0.25, -0.2) is 0 Å². The summed E-state index contributed by atoms with van der Waals surface area (Å²) >= 11 is 7.91. The molecule has 2 N–H and O–H groups in total. The molecular formula is C14H10BrN3O5S. The van der Waals surface area contributed by atoms with E-state index < -0.39 is 16.7 Å². The quantitative estimate of drug-likeness (QED) is 0.195. The van der Waals surface area contributed by atoms with E-state index in [0.29, 0.717) is 0 Å². The highest BCUT2D eigenvalue weighted by atomic mass is 79.9. The fourth-order valence-corrected chi connectivity index (χ4v) is 2.68. The highest BCUT2D eigenvalue weighted by molar-refractivity contribution is 9.10. The standard InChI is InChI=1S/C14H10BrN3O5S/c1-2-3-17-13(21)9(12(20)16-14(17)24)5-7-4-8(18(22)23)6-10(15)11(7)19/h2,4-6,19H,1,3H2,(H,16,20,24). The molecule has 0 radical (unpaired) electrons. The number of hydrogen-bond acceptors (Lipinski definition) is 6. The molecule has 8 nitrogen and oxygen atoms in total. The molecule has 1 aromatic rings. The zero-order valence-electron chi connectivity index (χ0n) is 12.0. The van der Waals surface area contributed by atoms with E-state index in [0.717, 1.165) is 23.1 Å². The summed E-state index contributed by atoms with van der Waals surface area (Å²) in [6.45, 7) is 3.58. The molecule has 1 saturated heterocycles. The summed E-state index contributed by atoms with van der Waals surface area (Å²) in [5, 5.41) is 23.2. The molecule has 10 heteroatoms. The van der Waals surface area contributed by atoms with Crippen LogP contribution in [0.5, 0.6) is 5.75 Å². The van der Waals surface area contributed by atoms with Crippen molar-refractivity contribution in [3.63, 3.8) is 0 Å². The third-order valence-electron chi connectivity index (χ3n) is 3.09. The van der Waals surface area contributed by atoms with E-state index in [1.54, 1.807) is 0 Å². The van der Waals surface area contributed by atoms with Gasteiger partial charge in [-0.05, 0) is 34.2 Å². The first kappa shape index (κ1) is 17.8. The number of nitro groups is 1. The van der Waals surface area contributed by atoms with Crippen molar-refractivity contribution in [3.8, 4) is 5.75 Å². The van der Waals surface area contributed by atoms with Crippen LogP contribution in [0.15, 0.2) is 34.8 Å². The number of amides is 2. The van der Waals surface area contributed by atoms with Crippen molar-refractivity contribution >= 4 is 56.8 Å². The molecule has 0 saturated carbocycles. The Bertz CT molecular complexity index is 821. The van der Waals surface area contributed by atoms with Crippen LogP contribution in [-0.2, 0) is 9.59 Å². The van der Waals surface area contributed by atoms with E-state index in [1.807, 2.05) is 0 Å². The third-order valence-corrected chi connectivity index (χ3v) is 4.01. The van der Waals surface area contributed by atoms with Crippen LogP contribution >= 0.6 is 28.1 Å². The van der Waals surface area contributed by atoms with Crippen LogP contribution in [0.3, 0.4) is 0 Å². The van der Waals surface area contributed by atoms with Gasteiger partial charge in [-0.3, -0.25) is 29.9 Å². The van der Waals surface area contributed by atoms with Gasteiger partial charge in [0.2, 0.25) is 0 Å². The van der Waals surface area contributed by atoms with Crippen LogP contribution < -0.4 is 5.32 Å². The first-order valence-electron chi connectivity index (χ1n) is 6.43. The lowest BCUT2D eigenvalue weighted by Gasteiger charge is -2.27. The van der Waals surface area contributed by atoms with Crippen molar-refractivity contribution in [2.45, 2.75) is 0 Å². The molecule has 1 aromatic carbocycles. The molecular weight excluding hydrogens is 402 g/mol. The molecule has 2 rings (SSSR count). The number of nitro benzene ring substituents is 1. The maximum atomic E-state index is 12.4. The van der Waals surface area contributed by atoms with E-state index in [9.17, 15) is 24.8 Å². The lowest BCUT2D eigenvalue weighted by Crippen LogP contribution is -2.53. The van der Waals surface area contributed by atoms with E-state index in [1.165, 1.54) is 6.08 Å². The molecule has 0 unspecified atom stereocenters. The van der Waals surface area contributed by atoms with Gasteiger partial charge in [0.15, 0.2) is 5.11 Å². The van der Waals surface area contributed by atoms with Crippen molar-refractivity contribution in [1.29, 1.82) is 0 Å². The number of carbonyl (C=O) groups excluding carboxylic acids is 2. The van der Waals surface area contributed by atoms with Crippen molar-refractivity contribution < 1.29 is 19.6 Å². The number of halogens is 1. The van der Waals surface area contributed by atoms with E-state index in [-0.39, 0.29) is 38.7 Å². The van der Waals surface area contributed by atoms with Gasteiger partial charge in [0.25, 0.3) is 17.5 Å². The first-order chi connectivity index (χ1) is 11.3.